The summed E-state index contributed by atoms with van der Waals surface area (Å²) in [4.78, 5) is 35.1. The fourth-order valence-corrected chi connectivity index (χ4v) is 2.21. The van der Waals surface area contributed by atoms with E-state index in [4.69, 9.17) is 9.84 Å². The van der Waals surface area contributed by atoms with Crippen molar-refractivity contribution in [3.63, 3.8) is 0 Å². The van der Waals surface area contributed by atoms with E-state index < -0.39 is 12.0 Å². The fourth-order valence-electron chi connectivity index (χ4n) is 2.21. The van der Waals surface area contributed by atoms with E-state index in [0.717, 1.165) is 12.8 Å². The number of nitrogens with one attached hydrogen (secondary N) is 2. The number of likely N-dealkylation sites (tertiary alicyclic amines) is 1. The van der Waals surface area contributed by atoms with Gasteiger partial charge in [0.05, 0.1) is 6.61 Å². The number of carboxylic acids is 1. The first-order valence-corrected chi connectivity index (χ1v) is 7.09. The number of hydrogen-bond donors (Lipinski definition) is 3. The molecular formula is C13H23N3O5. The smallest absolute Gasteiger partial charge is 0.409 e. The molecule has 0 aromatic heterocycles. The van der Waals surface area contributed by atoms with Crippen LogP contribution in [0.5, 0.6) is 0 Å². The van der Waals surface area contributed by atoms with Crippen molar-refractivity contribution in [3.8, 4) is 0 Å². The predicted molar refractivity (Wildman–Crippen MR) is 74.9 cm³/mol. The normalized spacial score (nSPS) is 17.1. The van der Waals surface area contributed by atoms with Gasteiger partial charge in [-0.05, 0) is 19.8 Å². The van der Waals surface area contributed by atoms with Crippen LogP contribution in [0.2, 0.25) is 0 Å². The molecule has 1 unspecified atom stereocenters. The minimum Gasteiger partial charge on any atom is -0.480 e. The lowest BCUT2D eigenvalue weighted by atomic mass is 10.1. The number of rotatable bonds is 6. The first-order valence-electron chi connectivity index (χ1n) is 7.09. The lowest BCUT2D eigenvalue weighted by Crippen LogP contribution is -2.51. The van der Waals surface area contributed by atoms with Crippen LogP contribution in [0.1, 0.15) is 26.7 Å². The summed E-state index contributed by atoms with van der Waals surface area (Å²) >= 11 is 0. The molecule has 120 valence electrons. The number of piperidine rings is 1. The van der Waals surface area contributed by atoms with Crippen molar-refractivity contribution in [2.45, 2.75) is 38.8 Å². The Balaban J connectivity index is 2.33. The van der Waals surface area contributed by atoms with Crippen molar-refractivity contribution in [2.24, 2.45) is 0 Å². The summed E-state index contributed by atoms with van der Waals surface area (Å²) in [5, 5.41) is 14.5. The Kier molecular flexibility index (Phi) is 6.93. The van der Waals surface area contributed by atoms with Crippen LogP contribution in [0.15, 0.2) is 0 Å². The Hall–Kier alpha value is -1.83. The molecule has 0 radical (unpaired) electrons. The highest BCUT2D eigenvalue weighted by Gasteiger charge is 2.25. The lowest BCUT2D eigenvalue weighted by molar-refractivity contribution is -0.141. The molecule has 1 aliphatic rings. The summed E-state index contributed by atoms with van der Waals surface area (Å²) in [6, 6.07) is -0.808. The number of carboxylic acid groups (broad SMARTS) is 1. The van der Waals surface area contributed by atoms with Gasteiger partial charge in [0.25, 0.3) is 0 Å². The molecule has 1 saturated heterocycles. The van der Waals surface area contributed by atoms with Gasteiger partial charge in [0.15, 0.2) is 0 Å². The van der Waals surface area contributed by atoms with Gasteiger partial charge in [0.2, 0.25) is 5.91 Å². The van der Waals surface area contributed by atoms with Gasteiger partial charge < -0.3 is 25.4 Å². The van der Waals surface area contributed by atoms with Crippen molar-refractivity contribution >= 4 is 18.0 Å². The average molecular weight is 301 g/mol. The standard InChI is InChI=1S/C13H23N3O5/c1-3-21-13(20)16-6-4-10(5-7-16)14-8-11(12(18)19)15-9(2)17/h10-11,14H,3-8H2,1-2H3,(H,15,17)(H,18,19). The van der Waals surface area contributed by atoms with E-state index in [1.165, 1.54) is 6.92 Å². The van der Waals surface area contributed by atoms with Crippen LogP contribution in [-0.2, 0) is 14.3 Å². The third-order valence-corrected chi connectivity index (χ3v) is 3.31. The van der Waals surface area contributed by atoms with Crippen molar-refractivity contribution in [1.82, 2.24) is 15.5 Å². The number of ether oxygens (including phenoxy) is 1. The second-order valence-electron chi connectivity index (χ2n) is 4.96. The van der Waals surface area contributed by atoms with Crippen LogP contribution in [0.3, 0.4) is 0 Å². The van der Waals surface area contributed by atoms with Gasteiger partial charge in [-0.25, -0.2) is 9.59 Å². The molecule has 0 aromatic carbocycles. The summed E-state index contributed by atoms with van der Waals surface area (Å²) in [5.74, 6) is -1.44. The molecule has 3 N–H and O–H groups in total. The highest BCUT2D eigenvalue weighted by molar-refractivity contribution is 5.82. The summed E-state index contributed by atoms with van der Waals surface area (Å²) in [5.41, 5.74) is 0. The summed E-state index contributed by atoms with van der Waals surface area (Å²) in [6.45, 7) is 4.73. The topological polar surface area (TPSA) is 108 Å². The average Bonchev–Trinajstić information content (AvgIpc) is 2.43. The second kappa shape index (κ2) is 8.46. The molecule has 0 bridgehead atoms. The van der Waals surface area contributed by atoms with Crippen LogP contribution in [0.25, 0.3) is 0 Å². The van der Waals surface area contributed by atoms with E-state index in [1.807, 2.05) is 0 Å². The first kappa shape index (κ1) is 17.2. The monoisotopic (exact) mass is 301 g/mol. The molecule has 1 rings (SSSR count). The van der Waals surface area contributed by atoms with Gasteiger partial charge in [-0.15, -0.1) is 0 Å². The molecule has 0 saturated carbocycles. The van der Waals surface area contributed by atoms with Crippen LogP contribution in [0, 0.1) is 0 Å². The zero-order valence-electron chi connectivity index (χ0n) is 12.4. The number of amides is 2. The zero-order valence-corrected chi connectivity index (χ0v) is 12.4. The number of carbonyl (C=O) groups excluding carboxylic acids is 2. The molecule has 0 aliphatic carbocycles. The zero-order chi connectivity index (χ0) is 15.8. The van der Waals surface area contributed by atoms with Gasteiger partial charge in [0.1, 0.15) is 6.04 Å². The number of aliphatic carboxylic acids is 1. The molecule has 1 aliphatic heterocycles. The molecule has 2 amide bonds. The fraction of sp³-hybridized carbons (Fsp3) is 0.769. The minimum atomic E-state index is -1.07. The molecule has 1 heterocycles. The maximum absolute atomic E-state index is 11.5. The van der Waals surface area contributed by atoms with Crippen LogP contribution in [0.4, 0.5) is 4.79 Å². The van der Waals surface area contributed by atoms with Crippen LogP contribution < -0.4 is 10.6 Å². The molecule has 8 heteroatoms. The maximum atomic E-state index is 11.5. The van der Waals surface area contributed by atoms with Gasteiger partial charge >= 0.3 is 12.1 Å². The molecule has 8 nitrogen and oxygen atoms in total. The number of hydrogen-bond acceptors (Lipinski definition) is 5. The van der Waals surface area contributed by atoms with E-state index in [2.05, 4.69) is 10.6 Å². The molecular weight excluding hydrogens is 278 g/mol. The Morgan fingerprint density at radius 2 is 1.95 bits per heavy atom. The van der Waals surface area contributed by atoms with Gasteiger partial charge in [-0.2, -0.15) is 0 Å². The Bertz CT molecular complexity index is 380. The molecule has 21 heavy (non-hydrogen) atoms. The Morgan fingerprint density at radius 3 is 2.43 bits per heavy atom. The summed E-state index contributed by atoms with van der Waals surface area (Å²) in [7, 11) is 0. The van der Waals surface area contributed by atoms with Crippen molar-refractivity contribution in [2.75, 3.05) is 26.2 Å². The van der Waals surface area contributed by atoms with E-state index in [0.29, 0.717) is 19.7 Å². The van der Waals surface area contributed by atoms with Crippen molar-refractivity contribution in [1.29, 1.82) is 0 Å². The van der Waals surface area contributed by atoms with Crippen LogP contribution >= 0.6 is 0 Å². The largest absolute Gasteiger partial charge is 0.480 e. The highest BCUT2D eigenvalue weighted by Crippen LogP contribution is 2.11. The lowest BCUT2D eigenvalue weighted by Gasteiger charge is -2.32. The summed E-state index contributed by atoms with van der Waals surface area (Å²) < 4.78 is 4.93. The first-order chi connectivity index (χ1) is 9.93. The Morgan fingerprint density at radius 1 is 1.33 bits per heavy atom. The van der Waals surface area contributed by atoms with Crippen molar-refractivity contribution < 1.29 is 24.2 Å². The molecule has 1 atom stereocenters. The third-order valence-electron chi connectivity index (χ3n) is 3.31. The SMILES string of the molecule is CCOC(=O)N1CCC(NCC(NC(C)=O)C(=O)O)CC1. The quantitative estimate of drug-likeness (QED) is 0.626. The third kappa shape index (κ3) is 5.99. The maximum Gasteiger partial charge on any atom is 0.409 e. The van der Waals surface area contributed by atoms with Crippen LogP contribution in [-0.4, -0.2) is 66.3 Å². The van der Waals surface area contributed by atoms with Gasteiger partial charge in [-0.3, -0.25) is 4.79 Å². The molecule has 1 fully saturated rings. The van der Waals surface area contributed by atoms with Gasteiger partial charge in [-0.1, -0.05) is 0 Å². The molecule has 0 spiro atoms. The summed E-state index contributed by atoms with van der Waals surface area (Å²) in [6.07, 6.45) is 1.15. The number of carbonyl (C=O) groups is 3. The second-order valence-corrected chi connectivity index (χ2v) is 4.96. The van der Waals surface area contributed by atoms with E-state index in [9.17, 15) is 14.4 Å². The predicted octanol–water partition coefficient (Wildman–Crippen LogP) is -0.214. The Labute approximate surface area is 123 Å². The molecule has 0 aromatic rings. The van der Waals surface area contributed by atoms with E-state index in [1.54, 1.807) is 11.8 Å². The highest BCUT2D eigenvalue weighted by atomic mass is 16.6. The van der Waals surface area contributed by atoms with Gasteiger partial charge in [0, 0.05) is 32.6 Å². The van der Waals surface area contributed by atoms with Crippen molar-refractivity contribution in [3.05, 3.63) is 0 Å². The van der Waals surface area contributed by atoms with E-state index >= 15 is 0 Å². The van der Waals surface area contributed by atoms with E-state index in [-0.39, 0.29) is 24.6 Å². The number of nitrogens with zero attached hydrogens (tertiary/aromatic N) is 1. The minimum absolute atomic E-state index is 0.131.